The Kier molecular flexibility index (Phi) is 5.47. The number of carbonyl (C=O) groups excluding carboxylic acids is 2. The first-order valence-electron chi connectivity index (χ1n) is 10.9. The van der Waals surface area contributed by atoms with Crippen LogP contribution in [0.25, 0.3) is 10.8 Å². The Hall–Kier alpha value is -3.12. The minimum atomic E-state index is -0.450. The normalized spacial score (nSPS) is 19.7. The van der Waals surface area contributed by atoms with Gasteiger partial charge >= 0.3 is 0 Å². The molecule has 0 spiro atoms. The molecule has 162 valence electrons. The van der Waals surface area contributed by atoms with Gasteiger partial charge < -0.3 is 5.32 Å². The highest BCUT2D eigenvalue weighted by Crippen LogP contribution is 2.40. The minimum absolute atomic E-state index is 0.00685. The molecule has 1 heterocycles. The summed E-state index contributed by atoms with van der Waals surface area (Å²) in [6, 6.07) is 20.3. The molecule has 1 atom stereocenters. The van der Waals surface area contributed by atoms with E-state index < -0.39 is 5.25 Å². The minimum Gasteiger partial charge on any atom is -0.326 e. The number of rotatable bonds is 5. The zero-order valence-electron chi connectivity index (χ0n) is 18.2. The lowest BCUT2D eigenvalue weighted by atomic mass is 10.1. The van der Waals surface area contributed by atoms with E-state index in [0.717, 1.165) is 46.1 Å². The van der Waals surface area contributed by atoms with Gasteiger partial charge in [0.15, 0.2) is 5.17 Å². The van der Waals surface area contributed by atoms with E-state index >= 15 is 0 Å². The molecule has 5 nitrogen and oxygen atoms in total. The smallest absolute Gasteiger partial charge is 0.242 e. The van der Waals surface area contributed by atoms with E-state index in [4.69, 9.17) is 4.99 Å². The number of hydrogen-bond acceptors (Lipinski definition) is 4. The summed E-state index contributed by atoms with van der Waals surface area (Å²) >= 11 is 1.41. The first-order valence-corrected chi connectivity index (χ1v) is 11.8. The quantitative estimate of drug-likeness (QED) is 0.560. The molecule has 5 rings (SSSR count). The summed E-state index contributed by atoms with van der Waals surface area (Å²) in [5.41, 5.74) is 3.74. The molecule has 32 heavy (non-hydrogen) atoms. The van der Waals surface area contributed by atoms with Crippen molar-refractivity contribution in [3.63, 3.8) is 0 Å². The highest BCUT2D eigenvalue weighted by molar-refractivity contribution is 8.15. The van der Waals surface area contributed by atoms with Crippen LogP contribution in [0.4, 0.5) is 11.4 Å². The molecule has 1 aliphatic carbocycles. The van der Waals surface area contributed by atoms with Crippen molar-refractivity contribution in [1.82, 2.24) is 4.90 Å². The summed E-state index contributed by atoms with van der Waals surface area (Å²) in [5.74, 6) is -0.153. The molecule has 2 aliphatic rings. The number of amidine groups is 1. The summed E-state index contributed by atoms with van der Waals surface area (Å²) in [7, 11) is 0. The van der Waals surface area contributed by atoms with Crippen molar-refractivity contribution in [2.24, 2.45) is 4.99 Å². The number of hydrogen-bond donors (Lipinski definition) is 1. The van der Waals surface area contributed by atoms with Crippen molar-refractivity contribution < 1.29 is 9.59 Å². The average Bonchev–Trinajstić information content (AvgIpc) is 3.56. The van der Waals surface area contributed by atoms with Gasteiger partial charge in [-0.3, -0.25) is 14.5 Å². The van der Waals surface area contributed by atoms with Gasteiger partial charge in [0.1, 0.15) is 5.25 Å². The Morgan fingerprint density at radius 2 is 1.88 bits per heavy atom. The second-order valence-corrected chi connectivity index (χ2v) is 9.68. The fourth-order valence-corrected chi connectivity index (χ4v) is 5.22. The van der Waals surface area contributed by atoms with Gasteiger partial charge in [-0.15, -0.1) is 0 Å². The van der Waals surface area contributed by atoms with E-state index in [0.29, 0.717) is 5.17 Å². The van der Waals surface area contributed by atoms with Crippen molar-refractivity contribution >= 4 is 50.9 Å². The Labute approximate surface area is 191 Å². The molecule has 2 amide bonds. The van der Waals surface area contributed by atoms with Gasteiger partial charge in [0.2, 0.25) is 11.8 Å². The topological polar surface area (TPSA) is 61.8 Å². The Balaban J connectivity index is 1.38. The largest absolute Gasteiger partial charge is 0.326 e. The summed E-state index contributed by atoms with van der Waals surface area (Å²) in [6.07, 6.45) is 2.11. The van der Waals surface area contributed by atoms with Crippen LogP contribution in [-0.2, 0) is 9.59 Å². The zero-order chi connectivity index (χ0) is 22.2. The molecule has 0 radical (unpaired) electrons. The highest BCUT2D eigenvalue weighted by Gasteiger charge is 2.46. The summed E-state index contributed by atoms with van der Waals surface area (Å²) in [6.45, 7) is 3.96. The van der Waals surface area contributed by atoms with Crippen molar-refractivity contribution in [3.05, 3.63) is 71.8 Å². The molecule has 3 aromatic carbocycles. The Morgan fingerprint density at radius 3 is 2.69 bits per heavy atom. The summed E-state index contributed by atoms with van der Waals surface area (Å²) in [5, 5.41) is 5.42. The fraction of sp³-hybridized carbons (Fsp3) is 0.269. The molecule has 1 unspecified atom stereocenters. The third-order valence-electron chi connectivity index (χ3n) is 5.90. The van der Waals surface area contributed by atoms with Crippen LogP contribution in [-0.4, -0.2) is 33.2 Å². The van der Waals surface area contributed by atoms with Gasteiger partial charge in [0.25, 0.3) is 0 Å². The second-order valence-electron chi connectivity index (χ2n) is 8.51. The van der Waals surface area contributed by atoms with Crippen LogP contribution in [0.5, 0.6) is 0 Å². The van der Waals surface area contributed by atoms with E-state index in [1.165, 1.54) is 11.8 Å². The van der Waals surface area contributed by atoms with Gasteiger partial charge in [-0.25, -0.2) is 4.99 Å². The molecule has 2 fully saturated rings. The monoisotopic (exact) mass is 443 g/mol. The van der Waals surface area contributed by atoms with Gasteiger partial charge in [-0.1, -0.05) is 60.3 Å². The molecule has 0 bridgehead atoms. The number of anilines is 1. The molecule has 1 N–H and O–H groups in total. The number of aliphatic imine (C=N–C) groups is 1. The molecule has 1 saturated carbocycles. The number of carbonyl (C=O) groups is 2. The molecule has 0 aromatic heterocycles. The number of nitrogens with zero attached hydrogens (tertiary/aromatic N) is 2. The van der Waals surface area contributed by atoms with Crippen LogP contribution >= 0.6 is 11.8 Å². The van der Waals surface area contributed by atoms with E-state index in [-0.39, 0.29) is 24.3 Å². The Bertz CT molecular complexity index is 1240. The number of nitrogens with one attached hydrogen (secondary N) is 1. The number of aryl methyl sites for hydroxylation is 2. The fourth-order valence-electron chi connectivity index (χ4n) is 4.01. The van der Waals surface area contributed by atoms with Gasteiger partial charge in [-0.2, -0.15) is 0 Å². The lowest BCUT2D eigenvalue weighted by molar-refractivity contribution is -0.128. The van der Waals surface area contributed by atoms with Gasteiger partial charge in [0, 0.05) is 23.5 Å². The van der Waals surface area contributed by atoms with Crippen molar-refractivity contribution in [1.29, 1.82) is 0 Å². The third kappa shape index (κ3) is 4.15. The second kappa shape index (κ2) is 8.43. The maximum Gasteiger partial charge on any atom is 0.242 e. The lowest BCUT2D eigenvalue weighted by Gasteiger charge is -2.15. The number of benzene rings is 3. The van der Waals surface area contributed by atoms with Crippen molar-refractivity contribution in [2.45, 2.75) is 44.4 Å². The number of amides is 2. The zero-order valence-corrected chi connectivity index (χ0v) is 19.0. The summed E-state index contributed by atoms with van der Waals surface area (Å²) in [4.78, 5) is 32.7. The van der Waals surface area contributed by atoms with Crippen LogP contribution in [0.3, 0.4) is 0 Å². The molecular formula is C26H25N3O2S. The molecule has 3 aromatic rings. The third-order valence-corrected chi connectivity index (χ3v) is 7.05. The van der Waals surface area contributed by atoms with Crippen molar-refractivity contribution in [3.8, 4) is 0 Å². The maximum atomic E-state index is 13.2. The van der Waals surface area contributed by atoms with Crippen molar-refractivity contribution in [2.75, 3.05) is 5.32 Å². The van der Waals surface area contributed by atoms with E-state index in [1.54, 1.807) is 0 Å². The maximum absolute atomic E-state index is 13.2. The van der Waals surface area contributed by atoms with E-state index in [1.807, 2.05) is 67.3 Å². The first kappa shape index (κ1) is 20.8. The number of fused-ring (bicyclic) bond motifs is 1. The van der Waals surface area contributed by atoms with E-state index in [2.05, 4.69) is 17.4 Å². The van der Waals surface area contributed by atoms with Crippen LogP contribution in [0.2, 0.25) is 0 Å². The van der Waals surface area contributed by atoms with Gasteiger partial charge in [-0.05, 0) is 55.3 Å². The molecular weight excluding hydrogens is 418 g/mol. The SMILES string of the molecule is Cc1ccc(C)c(NC(=O)CC2SC(=Nc3cccc4ccccc34)N(C3CC3)C2=O)c1. The van der Waals surface area contributed by atoms with Crippen LogP contribution in [0.1, 0.15) is 30.4 Å². The van der Waals surface area contributed by atoms with Crippen LogP contribution in [0.15, 0.2) is 65.7 Å². The highest BCUT2D eigenvalue weighted by atomic mass is 32.2. The molecule has 1 aliphatic heterocycles. The standard InChI is InChI=1S/C26H25N3O2S/c1-16-10-11-17(2)22(14-16)27-24(30)15-23-25(31)29(19-12-13-19)26(32-23)28-21-9-5-7-18-6-3-4-8-20(18)21/h3-11,14,19,23H,12-13,15H2,1-2H3,(H,27,30). The van der Waals surface area contributed by atoms with E-state index in [9.17, 15) is 9.59 Å². The lowest BCUT2D eigenvalue weighted by Crippen LogP contribution is -2.35. The van der Waals surface area contributed by atoms with Crippen LogP contribution < -0.4 is 5.32 Å². The summed E-state index contributed by atoms with van der Waals surface area (Å²) < 4.78 is 0. The Morgan fingerprint density at radius 1 is 1.09 bits per heavy atom. The van der Waals surface area contributed by atoms with Gasteiger partial charge in [0.05, 0.1) is 5.69 Å². The first-order chi connectivity index (χ1) is 15.5. The molecule has 6 heteroatoms. The van der Waals surface area contributed by atoms with Crippen LogP contribution in [0, 0.1) is 13.8 Å². The average molecular weight is 444 g/mol. The number of thioether (sulfide) groups is 1. The molecule has 1 saturated heterocycles. The predicted octanol–water partition coefficient (Wildman–Crippen LogP) is 5.58. The predicted molar refractivity (Wildman–Crippen MR) is 131 cm³/mol.